The van der Waals surface area contributed by atoms with Crippen molar-refractivity contribution in [3.8, 4) is 0 Å². The summed E-state index contributed by atoms with van der Waals surface area (Å²) in [4.78, 5) is 29.6. The Bertz CT molecular complexity index is 584. The fourth-order valence-corrected chi connectivity index (χ4v) is 3.18. The maximum Gasteiger partial charge on any atom is 0.326 e. The first-order chi connectivity index (χ1) is 11.9. The molecule has 1 aliphatic rings. The van der Waals surface area contributed by atoms with Gasteiger partial charge in [-0.2, -0.15) is 16.7 Å². The molecule has 0 spiro atoms. The Morgan fingerprint density at radius 1 is 1.40 bits per heavy atom. The molecule has 2 amide bonds. The maximum absolute atomic E-state index is 12.3. The smallest absolute Gasteiger partial charge is 0.326 e. The lowest BCUT2D eigenvalue weighted by atomic mass is 9.97. The highest BCUT2D eigenvalue weighted by Crippen LogP contribution is 2.27. The van der Waals surface area contributed by atoms with Crippen LogP contribution in [0, 0.1) is 0 Å². The molecule has 0 saturated carbocycles. The molecule has 1 atom stereocenters. The van der Waals surface area contributed by atoms with Crippen LogP contribution in [0.3, 0.4) is 0 Å². The Kier molecular flexibility index (Phi) is 7.10. The molecular weight excluding hydrogens is 344 g/mol. The second kappa shape index (κ2) is 9.07. The molecule has 2 N–H and O–H groups in total. The van der Waals surface area contributed by atoms with Gasteiger partial charge in [-0.25, -0.2) is 9.59 Å². The third kappa shape index (κ3) is 5.35. The van der Waals surface area contributed by atoms with Crippen LogP contribution in [0.5, 0.6) is 0 Å². The average Bonchev–Trinajstić information content (AvgIpc) is 3.08. The number of likely N-dealkylation sites (tertiary alicyclic amines) is 1. The zero-order valence-electron chi connectivity index (χ0n) is 14.9. The van der Waals surface area contributed by atoms with Gasteiger partial charge >= 0.3 is 12.0 Å². The van der Waals surface area contributed by atoms with Crippen LogP contribution in [0.25, 0.3) is 0 Å². The standard InChI is InChI=1S/C16H26N4O4S/c1-10(2)13-18-14(24-19-13)11-4-7-20(8-5-11)16(23)17-12(15(21)22)6-9-25-3/h10-12H,4-9H2,1-3H3,(H,17,23)(H,21,22)/t12-/m1/s1. The number of hydrogen-bond donors (Lipinski definition) is 2. The monoisotopic (exact) mass is 370 g/mol. The highest BCUT2D eigenvalue weighted by molar-refractivity contribution is 7.98. The van der Waals surface area contributed by atoms with Gasteiger partial charge in [0.15, 0.2) is 5.82 Å². The number of nitrogens with zero attached hydrogens (tertiary/aromatic N) is 3. The highest BCUT2D eigenvalue weighted by Gasteiger charge is 2.29. The van der Waals surface area contributed by atoms with E-state index in [1.165, 1.54) is 0 Å². The summed E-state index contributed by atoms with van der Waals surface area (Å²) in [6.45, 7) is 5.12. The molecule has 2 heterocycles. The van der Waals surface area contributed by atoms with Crippen molar-refractivity contribution in [2.75, 3.05) is 25.1 Å². The minimum atomic E-state index is -0.996. The first-order valence-corrected chi connectivity index (χ1v) is 9.92. The lowest BCUT2D eigenvalue weighted by molar-refractivity contribution is -0.139. The van der Waals surface area contributed by atoms with Crippen LogP contribution >= 0.6 is 11.8 Å². The Labute approximate surface area is 151 Å². The summed E-state index contributed by atoms with van der Waals surface area (Å²) >= 11 is 1.56. The van der Waals surface area contributed by atoms with Gasteiger partial charge < -0.3 is 19.8 Å². The van der Waals surface area contributed by atoms with E-state index in [0.717, 1.165) is 12.8 Å². The average molecular weight is 370 g/mol. The fourth-order valence-electron chi connectivity index (χ4n) is 2.71. The number of carboxylic acids is 1. The molecule has 8 nitrogen and oxygen atoms in total. The molecule has 2 rings (SSSR count). The van der Waals surface area contributed by atoms with Crippen molar-refractivity contribution in [1.29, 1.82) is 0 Å². The molecule has 1 aromatic heterocycles. The third-order valence-corrected chi connectivity index (χ3v) is 4.96. The summed E-state index contributed by atoms with van der Waals surface area (Å²) in [5, 5.41) is 15.8. The van der Waals surface area contributed by atoms with Gasteiger partial charge in [-0.1, -0.05) is 19.0 Å². The van der Waals surface area contributed by atoms with Gasteiger partial charge in [-0.05, 0) is 31.3 Å². The topological polar surface area (TPSA) is 109 Å². The number of nitrogens with one attached hydrogen (secondary N) is 1. The molecule has 1 fully saturated rings. The maximum atomic E-state index is 12.3. The van der Waals surface area contributed by atoms with E-state index in [0.29, 0.717) is 37.0 Å². The van der Waals surface area contributed by atoms with E-state index in [2.05, 4.69) is 15.5 Å². The van der Waals surface area contributed by atoms with Crippen LogP contribution < -0.4 is 5.32 Å². The number of carbonyl (C=O) groups excluding carboxylic acids is 1. The molecule has 1 aromatic rings. The largest absolute Gasteiger partial charge is 0.480 e. The minimum absolute atomic E-state index is 0.149. The van der Waals surface area contributed by atoms with Gasteiger partial charge in [0, 0.05) is 24.9 Å². The van der Waals surface area contributed by atoms with Crippen molar-refractivity contribution < 1.29 is 19.2 Å². The van der Waals surface area contributed by atoms with Crippen LogP contribution in [0.2, 0.25) is 0 Å². The second-order valence-electron chi connectivity index (χ2n) is 6.53. The molecule has 1 saturated heterocycles. The van der Waals surface area contributed by atoms with E-state index in [9.17, 15) is 14.7 Å². The van der Waals surface area contributed by atoms with Crippen molar-refractivity contribution in [2.24, 2.45) is 0 Å². The number of aromatic nitrogens is 2. The van der Waals surface area contributed by atoms with E-state index in [1.807, 2.05) is 20.1 Å². The number of urea groups is 1. The summed E-state index contributed by atoms with van der Waals surface area (Å²) in [5.41, 5.74) is 0. The fraction of sp³-hybridized carbons (Fsp3) is 0.750. The van der Waals surface area contributed by atoms with Gasteiger partial charge in [0.1, 0.15) is 6.04 Å². The van der Waals surface area contributed by atoms with Crippen LogP contribution in [-0.2, 0) is 4.79 Å². The van der Waals surface area contributed by atoms with Crippen LogP contribution in [-0.4, -0.2) is 63.3 Å². The first kappa shape index (κ1) is 19.6. The summed E-state index contributed by atoms with van der Waals surface area (Å²) in [6.07, 6.45) is 3.79. The summed E-state index contributed by atoms with van der Waals surface area (Å²) < 4.78 is 5.34. The predicted molar refractivity (Wildman–Crippen MR) is 94.9 cm³/mol. The summed E-state index contributed by atoms with van der Waals surface area (Å²) in [6, 6.07) is -1.16. The third-order valence-electron chi connectivity index (χ3n) is 4.31. The minimum Gasteiger partial charge on any atom is -0.480 e. The number of hydrogen-bond acceptors (Lipinski definition) is 6. The van der Waals surface area contributed by atoms with Crippen molar-refractivity contribution in [3.63, 3.8) is 0 Å². The van der Waals surface area contributed by atoms with Gasteiger partial charge in [0.25, 0.3) is 0 Å². The Hall–Kier alpha value is -1.77. The Morgan fingerprint density at radius 3 is 2.60 bits per heavy atom. The number of piperidine rings is 1. The van der Waals surface area contributed by atoms with E-state index < -0.39 is 12.0 Å². The molecule has 9 heteroatoms. The number of carbonyl (C=O) groups is 2. The molecule has 0 radical (unpaired) electrons. The summed E-state index contributed by atoms with van der Waals surface area (Å²) in [5.74, 6) is 1.40. The molecular formula is C16H26N4O4S. The molecule has 1 aliphatic heterocycles. The second-order valence-corrected chi connectivity index (χ2v) is 7.51. The van der Waals surface area contributed by atoms with Gasteiger partial charge in [-0.15, -0.1) is 0 Å². The van der Waals surface area contributed by atoms with E-state index >= 15 is 0 Å². The lowest BCUT2D eigenvalue weighted by Gasteiger charge is -2.31. The Balaban J connectivity index is 1.85. The van der Waals surface area contributed by atoms with Gasteiger partial charge in [0.05, 0.1) is 0 Å². The zero-order chi connectivity index (χ0) is 18.4. The van der Waals surface area contributed by atoms with Crippen molar-refractivity contribution >= 4 is 23.8 Å². The number of amides is 2. The SMILES string of the molecule is CSCC[C@@H](NC(=O)N1CCC(c2nc(C(C)C)no2)CC1)C(=O)O. The van der Waals surface area contributed by atoms with Crippen molar-refractivity contribution in [2.45, 2.75) is 51.0 Å². The quantitative estimate of drug-likeness (QED) is 0.758. The highest BCUT2D eigenvalue weighted by atomic mass is 32.2. The number of aliphatic carboxylic acids is 1. The molecule has 0 aromatic carbocycles. The van der Waals surface area contributed by atoms with Crippen molar-refractivity contribution in [1.82, 2.24) is 20.4 Å². The van der Waals surface area contributed by atoms with Gasteiger partial charge in [-0.3, -0.25) is 0 Å². The Morgan fingerprint density at radius 2 is 2.08 bits per heavy atom. The molecule has 0 bridgehead atoms. The lowest BCUT2D eigenvalue weighted by Crippen LogP contribution is -2.50. The molecule has 0 unspecified atom stereocenters. The van der Waals surface area contributed by atoms with Gasteiger partial charge in [0.2, 0.25) is 5.89 Å². The first-order valence-electron chi connectivity index (χ1n) is 8.53. The van der Waals surface area contributed by atoms with Crippen LogP contribution in [0.15, 0.2) is 4.52 Å². The normalized spacial score (nSPS) is 16.9. The van der Waals surface area contributed by atoms with E-state index in [4.69, 9.17) is 4.52 Å². The molecule has 25 heavy (non-hydrogen) atoms. The van der Waals surface area contributed by atoms with E-state index in [1.54, 1.807) is 16.7 Å². The summed E-state index contributed by atoms with van der Waals surface area (Å²) in [7, 11) is 0. The number of carboxylic acid groups (broad SMARTS) is 1. The van der Waals surface area contributed by atoms with Crippen LogP contribution in [0.1, 0.15) is 56.7 Å². The van der Waals surface area contributed by atoms with Crippen molar-refractivity contribution in [3.05, 3.63) is 11.7 Å². The number of thioether (sulfide) groups is 1. The van der Waals surface area contributed by atoms with Crippen LogP contribution in [0.4, 0.5) is 4.79 Å². The zero-order valence-corrected chi connectivity index (χ0v) is 15.7. The number of rotatable bonds is 7. The molecule has 140 valence electrons. The predicted octanol–water partition coefficient (Wildman–Crippen LogP) is 2.29. The molecule has 0 aliphatic carbocycles. The van der Waals surface area contributed by atoms with E-state index in [-0.39, 0.29) is 17.9 Å².